The summed E-state index contributed by atoms with van der Waals surface area (Å²) in [5, 5.41) is 2.26. The van der Waals surface area contributed by atoms with Crippen molar-refractivity contribution in [2.24, 2.45) is 0 Å². The number of imidazole rings is 1. The molecule has 41 heavy (non-hydrogen) atoms. The maximum atomic E-state index is 6.38. The first kappa shape index (κ1) is 27.0. The van der Waals surface area contributed by atoms with Crippen molar-refractivity contribution in [3.05, 3.63) is 121 Å². The third-order valence-electron chi connectivity index (χ3n) is 7.27. The van der Waals surface area contributed by atoms with Crippen molar-refractivity contribution >= 4 is 32.8 Å². The van der Waals surface area contributed by atoms with Crippen LogP contribution >= 0.6 is 0 Å². The number of benzene rings is 4. The molecule has 0 fully saturated rings. The molecule has 0 saturated heterocycles. The largest absolute Gasteiger partial charge is 0.508 e. The Morgan fingerprint density at radius 2 is 1.49 bits per heavy atom. The number of rotatable bonds is 4. The fourth-order valence-electron chi connectivity index (χ4n) is 5.41. The van der Waals surface area contributed by atoms with E-state index >= 15 is 0 Å². The molecule has 6 heteroatoms. The summed E-state index contributed by atoms with van der Waals surface area (Å²) >= 11 is 0. The Morgan fingerprint density at radius 1 is 0.756 bits per heavy atom. The van der Waals surface area contributed by atoms with Crippen molar-refractivity contribution in [3.63, 3.8) is 0 Å². The van der Waals surface area contributed by atoms with E-state index in [9.17, 15) is 0 Å². The van der Waals surface area contributed by atoms with E-state index in [4.69, 9.17) is 4.74 Å². The Hall–Kier alpha value is -4.21. The molecular formula is C35H29N4OPt-. The van der Waals surface area contributed by atoms with Crippen LogP contribution in [-0.4, -0.2) is 18.7 Å². The summed E-state index contributed by atoms with van der Waals surface area (Å²) in [4.78, 5) is 4.68. The van der Waals surface area contributed by atoms with Crippen molar-refractivity contribution in [3.8, 4) is 23.0 Å². The molecule has 3 heterocycles. The molecule has 0 atom stereocenters. The number of aromatic nitrogens is 4. The van der Waals surface area contributed by atoms with E-state index in [0.29, 0.717) is 11.5 Å². The molecule has 0 amide bonds. The van der Waals surface area contributed by atoms with Gasteiger partial charge in [0.2, 0.25) is 0 Å². The van der Waals surface area contributed by atoms with E-state index in [2.05, 4.69) is 132 Å². The fraction of sp³-hybridized carbons (Fsp3) is 0.143. The molecule has 3 aromatic heterocycles. The first-order valence-corrected chi connectivity index (χ1v) is 13.5. The van der Waals surface area contributed by atoms with E-state index in [0.717, 1.165) is 44.4 Å². The van der Waals surface area contributed by atoms with Gasteiger partial charge < -0.3 is 9.30 Å². The van der Waals surface area contributed by atoms with Crippen molar-refractivity contribution in [2.75, 3.05) is 0 Å². The minimum atomic E-state index is -0.0616. The Kier molecular flexibility index (Phi) is 6.79. The molecule has 4 aromatic carbocycles. The monoisotopic (exact) mass is 716 g/mol. The number of hydrogen-bond donors (Lipinski definition) is 0. The zero-order valence-corrected chi connectivity index (χ0v) is 25.6. The summed E-state index contributed by atoms with van der Waals surface area (Å²) in [7, 11) is 0. The molecule has 5 nitrogen and oxygen atoms in total. The van der Waals surface area contributed by atoms with Crippen LogP contribution in [0.2, 0.25) is 0 Å². The quantitative estimate of drug-likeness (QED) is 0.171. The average Bonchev–Trinajstić information content (AvgIpc) is 3.50. The molecule has 0 aliphatic carbocycles. The number of para-hydroxylation sites is 3. The second-order valence-corrected chi connectivity index (χ2v) is 11.1. The van der Waals surface area contributed by atoms with Gasteiger partial charge in [-0.25, -0.2) is 14.1 Å². The smallest absolute Gasteiger partial charge is 0.188 e. The third kappa shape index (κ3) is 4.75. The van der Waals surface area contributed by atoms with Gasteiger partial charge in [0.1, 0.15) is 5.82 Å². The van der Waals surface area contributed by atoms with E-state index in [-0.39, 0.29) is 26.6 Å². The first-order chi connectivity index (χ1) is 19.4. The molecule has 0 bridgehead atoms. The summed E-state index contributed by atoms with van der Waals surface area (Å²) in [5.74, 6) is 2.11. The van der Waals surface area contributed by atoms with E-state index in [1.807, 2.05) is 30.5 Å². The molecular weight excluding hydrogens is 687 g/mol. The van der Waals surface area contributed by atoms with Gasteiger partial charge in [0.05, 0.1) is 5.54 Å². The van der Waals surface area contributed by atoms with Crippen molar-refractivity contribution in [1.29, 1.82) is 0 Å². The normalized spacial score (nSPS) is 11.7. The maximum absolute atomic E-state index is 6.38. The Morgan fingerprint density at radius 3 is 2.27 bits per heavy atom. The van der Waals surface area contributed by atoms with Gasteiger partial charge in [-0.15, -0.1) is 29.7 Å². The zero-order chi connectivity index (χ0) is 27.4. The molecule has 0 spiro atoms. The summed E-state index contributed by atoms with van der Waals surface area (Å²) in [6.07, 6.45) is 3.99. The second kappa shape index (κ2) is 10.3. The predicted octanol–water partition coefficient (Wildman–Crippen LogP) is 8.66. The average molecular weight is 717 g/mol. The minimum absolute atomic E-state index is 0. The van der Waals surface area contributed by atoms with Crippen LogP contribution in [0.4, 0.5) is 0 Å². The molecule has 0 radical (unpaired) electrons. The summed E-state index contributed by atoms with van der Waals surface area (Å²) in [6, 6.07) is 38.0. The third-order valence-corrected chi connectivity index (χ3v) is 7.27. The van der Waals surface area contributed by atoms with Crippen molar-refractivity contribution in [1.82, 2.24) is 18.7 Å². The molecule has 7 rings (SSSR count). The van der Waals surface area contributed by atoms with Gasteiger partial charge in [0.25, 0.3) is 0 Å². The van der Waals surface area contributed by atoms with Crippen molar-refractivity contribution < 1.29 is 25.8 Å². The van der Waals surface area contributed by atoms with Gasteiger partial charge in [-0.1, -0.05) is 29.8 Å². The molecule has 7 aromatic rings. The van der Waals surface area contributed by atoms with E-state index in [1.165, 1.54) is 5.52 Å². The number of ether oxygens (including phenoxy) is 1. The standard InChI is InChI=1S/C35H29N4O.Pt/c1-24-18-19-36-34(20-24)39-30-13-6-5-12-28(30)29-17-16-27(22-33(29)39)40-26-11-9-10-25(21-26)37-23-38(35(2,3)4)32-15-8-7-14-31(32)37;/h5-20,23H,1-4H3;/q-1;. The summed E-state index contributed by atoms with van der Waals surface area (Å²) < 4.78 is 13.0. The van der Waals surface area contributed by atoms with Crippen LogP contribution in [-0.2, 0) is 26.6 Å². The molecule has 0 saturated carbocycles. The SMILES string of the molecule is Cc1ccnc(-n2c3[c-]c(Oc4[c-]c(-n5[cH+]n(C(C)(C)C)c6ccccc65)ccc4)ccc3c3ccccc32)c1.[Pt]. The van der Waals surface area contributed by atoms with Crippen LogP contribution in [0.1, 0.15) is 26.3 Å². The number of fused-ring (bicyclic) bond motifs is 4. The zero-order valence-electron chi connectivity index (χ0n) is 23.3. The number of pyridine rings is 1. The Labute approximate surface area is 253 Å². The van der Waals surface area contributed by atoms with Gasteiger partial charge in [0.15, 0.2) is 17.4 Å². The van der Waals surface area contributed by atoms with Crippen LogP contribution < -0.4 is 4.74 Å². The van der Waals surface area contributed by atoms with E-state index < -0.39 is 0 Å². The minimum Gasteiger partial charge on any atom is -0.508 e. The molecule has 0 aliphatic rings. The topological polar surface area (TPSA) is 36.9 Å². The van der Waals surface area contributed by atoms with E-state index in [1.54, 1.807) is 0 Å². The van der Waals surface area contributed by atoms with Gasteiger partial charge in [-0.3, -0.25) is 0 Å². The van der Waals surface area contributed by atoms with Crippen LogP contribution in [0.5, 0.6) is 11.5 Å². The van der Waals surface area contributed by atoms with Crippen LogP contribution in [0, 0.1) is 19.1 Å². The van der Waals surface area contributed by atoms with Gasteiger partial charge in [0, 0.05) is 62.1 Å². The molecule has 0 N–H and O–H groups in total. The van der Waals surface area contributed by atoms with Gasteiger partial charge in [-0.2, -0.15) is 12.1 Å². The van der Waals surface area contributed by atoms with Gasteiger partial charge in [-0.05, 0) is 69.0 Å². The second-order valence-electron chi connectivity index (χ2n) is 11.1. The Bertz CT molecular complexity index is 2050. The van der Waals surface area contributed by atoms with Crippen LogP contribution in [0.25, 0.3) is 44.3 Å². The number of hydrogen-bond acceptors (Lipinski definition) is 2. The Balaban J connectivity index is 0.00000302. The van der Waals surface area contributed by atoms with Crippen molar-refractivity contribution in [2.45, 2.75) is 33.2 Å². The molecule has 0 unspecified atom stereocenters. The predicted molar refractivity (Wildman–Crippen MR) is 162 cm³/mol. The number of aryl methyl sites for hydroxylation is 1. The fourth-order valence-corrected chi connectivity index (χ4v) is 5.41. The summed E-state index contributed by atoms with van der Waals surface area (Å²) in [6.45, 7) is 8.72. The van der Waals surface area contributed by atoms with Crippen LogP contribution in [0.15, 0.2) is 104 Å². The van der Waals surface area contributed by atoms with Crippen LogP contribution in [0.3, 0.4) is 0 Å². The first-order valence-electron chi connectivity index (χ1n) is 13.5. The molecule has 0 aliphatic heterocycles. The summed E-state index contributed by atoms with van der Waals surface area (Å²) in [5.41, 5.74) is 6.31. The van der Waals surface area contributed by atoms with Gasteiger partial charge >= 0.3 is 0 Å². The number of nitrogens with zero attached hydrogens (tertiary/aromatic N) is 4. The maximum Gasteiger partial charge on any atom is 0.188 e. The molecule has 206 valence electrons.